The number of benzene rings is 2. The first-order chi connectivity index (χ1) is 18.2. The maximum absolute atomic E-state index is 10.6. The molecule has 6 nitrogen and oxygen atoms in total. The number of H-pyrrole nitrogens is 1. The summed E-state index contributed by atoms with van der Waals surface area (Å²) in [7, 11) is 1.92. The van der Waals surface area contributed by atoms with Crippen LogP contribution in [0.3, 0.4) is 0 Å². The normalized spacial score (nSPS) is 13.6. The van der Waals surface area contributed by atoms with Crippen LogP contribution in [0.2, 0.25) is 0 Å². The quantitative estimate of drug-likeness (QED) is 0.333. The Balaban J connectivity index is 0.000000173. The second kappa shape index (κ2) is 12.8. The summed E-state index contributed by atoms with van der Waals surface area (Å²) in [4.78, 5) is 22.6. The van der Waals surface area contributed by atoms with Crippen LogP contribution in [-0.2, 0) is 6.54 Å². The summed E-state index contributed by atoms with van der Waals surface area (Å²) in [5, 5.41) is 8.56. The summed E-state index contributed by atoms with van der Waals surface area (Å²) in [6.07, 6.45) is 19.2. The Morgan fingerprint density at radius 2 is 1.81 bits per heavy atom. The average molecular weight is 490 g/mol. The third kappa shape index (κ3) is 6.92. The molecule has 1 aromatic heterocycles. The van der Waals surface area contributed by atoms with E-state index in [-0.39, 0.29) is 0 Å². The van der Waals surface area contributed by atoms with Crippen LogP contribution in [0.1, 0.15) is 28.8 Å². The standard InChI is InChI=1S/C16H16N2O.C15H15N3/c1-17-15-5-3-2-4-6-16(15)18-11-13-7-9-14(12-19)10-8-13;1-16-12-9-7-11(8-10-12)15-17-13-5-3-2-4-6-14(13)18-15/h3-10,12,18H,1-2,11H2;2-3,5-10,16H,4H2,1H3,(H,17,18). The highest BCUT2D eigenvalue weighted by Crippen LogP contribution is 2.16. The Bertz CT molecular complexity index is 1470. The minimum atomic E-state index is 0.686. The van der Waals surface area contributed by atoms with Crippen molar-refractivity contribution in [1.82, 2.24) is 15.3 Å². The lowest BCUT2D eigenvalue weighted by Crippen LogP contribution is -2.23. The van der Waals surface area contributed by atoms with E-state index in [0.717, 1.165) is 63.9 Å². The van der Waals surface area contributed by atoms with Crippen molar-refractivity contribution in [2.45, 2.75) is 19.4 Å². The third-order valence-corrected chi connectivity index (χ3v) is 5.93. The minimum absolute atomic E-state index is 0.686. The van der Waals surface area contributed by atoms with Gasteiger partial charge in [0.2, 0.25) is 0 Å². The summed E-state index contributed by atoms with van der Waals surface area (Å²) < 4.78 is 0. The van der Waals surface area contributed by atoms with Gasteiger partial charge in [-0.05, 0) is 67.6 Å². The van der Waals surface area contributed by atoms with Crippen LogP contribution in [0.25, 0.3) is 23.5 Å². The molecule has 186 valence electrons. The van der Waals surface area contributed by atoms with Crippen LogP contribution in [-0.4, -0.2) is 30.0 Å². The molecule has 0 atom stereocenters. The maximum atomic E-state index is 10.6. The van der Waals surface area contributed by atoms with Gasteiger partial charge >= 0.3 is 0 Å². The molecular formula is C31H31N5O. The van der Waals surface area contributed by atoms with Crippen molar-refractivity contribution in [3.05, 3.63) is 118 Å². The van der Waals surface area contributed by atoms with E-state index in [2.05, 4.69) is 87.0 Å². The van der Waals surface area contributed by atoms with Gasteiger partial charge in [-0.2, -0.15) is 0 Å². The van der Waals surface area contributed by atoms with Gasteiger partial charge in [0.05, 0.1) is 22.1 Å². The number of fused-ring (bicyclic) bond motifs is 1. The van der Waals surface area contributed by atoms with Crippen LogP contribution >= 0.6 is 0 Å². The van der Waals surface area contributed by atoms with Crippen molar-refractivity contribution in [2.24, 2.45) is 4.99 Å². The van der Waals surface area contributed by atoms with Crippen molar-refractivity contribution in [2.75, 3.05) is 12.4 Å². The molecule has 1 heterocycles. The molecule has 2 aromatic carbocycles. The Kier molecular flexibility index (Phi) is 8.81. The number of aromatic amines is 1. The molecule has 3 N–H and O–H groups in total. The molecule has 0 radical (unpaired) electrons. The molecule has 0 bridgehead atoms. The summed E-state index contributed by atoms with van der Waals surface area (Å²) >= 11 is 0. The van der Waals surface area contributed by atoms with Gasteiger partial charge in [0.1, 0.15) is 12.1 Å². The smallest absolute Gasteiger partial charge is 0.150 e. The molecule has 2 aliphatic rings. The minimum Gasteiger partial charge on any atom is -0.388 e. The number of nitrogens with one attached hydrogen (secondary N) is 3. The van der Waals surface area contributed by atoms with E-state index in [9.17, 15) is 4.79 Å². The highest BCUT2D eigenvalue weighted by Gasteiger charge is 2.04. The van der Waals surface area contributed by atoms with E-state index in [0.29, 0.717) is 12.1 Å². The van der Waals surface area contributed by atoms with E-state index in [4.69, 9.17) is 0 Å². The zero-order valence-corrected chi connectivity index (χ0v) is 20.9. The molecule has 0 saturated carbocycles. The zero-order chi connectivity index (χ0) is 25.9. The Morgan fingerprint density at radius 3 is 2.54 bits per heavy atom. The highest BCUT2D eigenvalue weighted by atomic mass is 16.1. The number of aromatic nitrogens is 2. The maximum Gasteiger partial charge on any atom is 0.150 e. The van der Waals surface area contributed by atoms with Gasteiger partial charge in [0.15, 0.2) is 0 Å². The van der Waals surface area contributed by atoms with Crippen LogP contribution in [0, 0.1) is 0 Å². The van der Waals surface area contributed by atoms with Crippen molar-refractivity contribution >= 4 is 30.8 Å². The number of carbonyl (C=O) groups is 1. The summed E-state index contributed by atoms with van der Waals surface area (Å²) in [6, 6.07) is 15.7. The monoisotopic (exact) mass is 489 g/mol. The fourth-order valence-electron chi connectivity index (χ4n) is 3.85. The zero-order valence-electron chi connectivity index (χ0n) is 20.9. The lowest BCUT2D eigenvalue weighted by atomic mass is 10.1. The Hall–Kier alpha value is -4.71. The van der Waals surface area contributed by atoms with E-state index >= 15 is 0 Å². The Labute approximate surface area is 217 Å². The SMILES string of the molecule is C=NC1=C(NCc2ccc(C=O)cc2)C=CCC=C1.CNc1ccc(-c2nc3c([nH]2)=CC=CCC=3)cc1. The molecule has 2 aliphatic carbocycles. The van der Waals surface area contributed by atoms with Crippen molar-refractivity contribution in [3.8, 4) is 11.4 Å². The highest BCUT2D eigenvalue weighted by molar-refractivity contribution is 5.74. The number of hydrogen-bond donors (Lipinski definition) is 3. The third-order valence-electron chi connectivity index (χ3n) is 5.93. The molecule has 5 rings (SSSR count). The number of nitrogens with zero attached hydrogens (tertiary/aromatic N) is 2. The van der Waals surface area contributed by atoms with E-state index < -0.39 is 0 Å². The first-order valence-corrected chi connectivity index (χ1v) is 12.2. The predicted molar refractivity (Wildman–Crippen MR) is 154 cm³/mol. The van der Waals surface area contributed by atoms with Gasteiger partial charge in [-0.1, -0.05) is 54.6 Å². The Morgan fingerprint density at radius 1 is 1.03 bits per heavy atom. The molecule has 0 amide bonds. The number of aldehydes is 1. The van der Waals surface area contributed by atoms with Gasteiger partial charge in [-0.25, -0.2) is 4.98 Å². The average Bonchev–Trinajstić information content (AvgIpc) is 3.09. The van der Waals surface area contributed by atoms with E-state index in [1.54, 1.807) is 0 Å². The van der Waals surface area contributed by atoms with Crippen molar-refractivity contribution < 1.29 is 4.79 Å². The van der Waals surface area contributed by atoms with E-state index in [1.165, 1.54) is 0 Å². The first-order valence-electron chi connectivity index (χ1n) is 12.2. The van der Waals surface area contributed by atoms with Gasteiger partial charge in [0, 0.05) is 30.4 Å². The largest absolute Gasteiger partial charge is 0.388 e. The van der Waals surface area contributed by atoms with Crippen molar-refractivity contribution in [3.63, 3.8) is 0 Å². The fraction of sp³-hybridized carbons (Fsp3) is 0.129. The summed E-state index contributed by atoms with van der Waals surface area (Å²) in [5.41, 5.74) is 5.82. The van der Waals surface area contributed by atoms with Crippen LogP contribution in [0.4, 0.5) is 5.69 Å². The number of anilines is 1. The number of allylic oxidation sites excluding steroid dienone is 6. The van der Waals surface area contributed by atoms with Gasteiger partial charge < -0.3 is 15.6 Å². The summed E-state index contributed by atoms with van der Waals surface area (Å²) in [5.74, 6) is 0.922. The topological polar surface area (TPSA) is 82.2 Å². The van der Waals surface area contributed by atoms with Gasteiger partial charge in [0.25, 0.3) is 0 Å². The van der Waals surface area contributed by atoms with Gasteiger partial charge in [-0.3, -0.25) is 9.79 Å². The first kappa shape index (κ1) is 25.4. The lowest BCUT2D eigenvalue weighted by molar-refractivity contribution is 0.112. The second-order valence-corrected chi connectivity index (χ2v) is 8.46. The second-order valence-electron chi connectivity index (χ2n) is 8.46. The molecule has 0 saturated heterocycles. The molecule has 6 heteroatoms. The lowest BCUT2D eigenvalue weighted by Gasteiger charge is -2.09. The van der Waals surface area contributed by atoms with Crippen LogP contribution < -0.4 is 21.3 Å². The molecule has 37 heavy (non-hydrogen) atoms. The summed E-state index contributed by atoms with van der Waals surface area (Å²) in [6.45, 7) is 4.27. The number of imidazole rings is 1. The number of hydrogen-bond acceptors (Lipinski definition) is 5. The molecule has 0 fully saturated rings. The molecule has 0 aliphatic heterocycles. The van der Waals surface area contributed by atoms with Crippen LogP contribution in [0.15, 0.2) is 101 Å². The molecular weight excluding hydrogens is 458 g/mol. The fourth-order valence-corrected chi connectivity index (χ4v) is 3.85. The number of carbonyl (C=O) groups excluding carboxylic acids is 1. The van der Waals surface area contributed by atoms with Crippen molar-refractivity contribution in [1.29, 1.82) is 0 Å². The number of rotatable bonds is 7. The molecule has 3 aromatic rings. The predicted octanol–water partition coefficient (Wildman–Crippen LogP) is 4.66. The van der Waals surface area contributed by atoms with Crippen LogP contribution in [0.5, 0.6) is 0 Å². The van der Waals surface area contributed by atoms with E-state index in [1.807, 2.05) is 49.5 Å². The molecule has 0 spiro atoms. The van der Waals surface area contributed by atoms with Gasteiger partial charge in [-0.15, -0.1) is 0 Å². The molecule has 0 unspecified atom stereocenters. The number of aliphatic imine (C=N–C) groups is 1.